The van der Waals surface area contributed by atoms with Gasteiger partial charge in [0.1, 0.15) is 0 Å². The smallest absolute Gasteiger partial charge is 0.338 e. The molecule has 0 amide bonds. The van der Waals surface area contributed by atoms with Crippen molar-refractivity contribution in [2.75, 3.05) is 13.7 Å². The van der Waals surface area contributed by atoms with Crippen LogP contribution in [0.15, 0.2) is 18.2 Å². The lowest BCUT2D eigenvalue weighted by molar-refractivity contribution is -0.140. The van der Waals surface area contributed by atoms with Crippen LogP contribution in [0.5, 0.6) is 0 Å². The van der Waals surface area contributed by atoms with Crippen molar-refractivity contribution < 1.29 is 19.1 Å². The van der Waals surface area contributed by atoms with Crippen LogP contribution in [0.3, 0.4) is 0 Å². The van der Waals surface area contributed by atoms with Gasteiger partial charge in [-0.05, 0) is 37.5 Å². The fourth-order valence-corrected chi connectivity index (χ4v) is 1.60. The average molecular weight is 250 g/mol. The van der Waals surface area contributed by atoms with Crippen molar-refractivity contribution in [3.8, 4) is 0 Å². The number of methoxy groups -OCH3 is 1. The lowest BCUT2D eigenvalue weighted by atomic mass is 10.0. The molecule has 0 saturated heterocycles. The van der Waals surface area contributed by atoms with Crippen molar-refractivity contribution in [1.29, 1.82) is 0 Å². The maximum atomic E-state index is 11.7. The largest absolute Gasteiger partial charge is 0.469 e. The molecule has 98 valence electrons. The summed E-state index contributed by atoms with van der Waals surface area (Å²) in [6, 6.07) is 5.54. The highest BCUT2D eigenvalue weighted by Gasteiger charge is 2.11. The highest BCUT2D eigenvalue weighted by atomic mass is 16.5. The molecule has 0 aliphatic rings. The first-order chi connectivity index (χ1) is 8.58. The monoisotopic (exact) mass is 250 g/mol. The summed E-state index contributed by atoms with van der Waals surface area (Å²) in [7, 11) is 1.36. The quantitative estimate of drug-likeness (QED) is 0.752. The Morgan fingerprint density at radius 2 is 2.00 bits per heavy atom. The van der Waals surface area contributed by atoms with Gasteiger partial charge in [-0.1, -0.05) is 12.1 Å². The first kappa shape index (κ1) is 14.2. The Morgan fingerprint density at radius 1 is 1.28 bits per heavy atom. The van der Waals surface area contributed by atoms with E-state index in [1.54, 1.807) is 13.0 Å². The molecule has 0 N–H and O–H groups in total. The standard InChI is InChI=1S/C14H18O4/c1-4-18-14(16)12-9-11(6-5-10(12)2)7-8-13(15)17-3/h5-6,9H,4,7-8H2,1-3H3. The molecule has 0 aliphatic carbocycles. The summed E-state index contributed by atoms with van der Waals surface area (Å²) in [6.07, 6.45) is 0.862. The van der Waals surface area contributed by atoms with E-state index in [-0.39, 0.29) is 11.9 Å². The van der Waals surface area contributed by atoms with Gasteiger partial charge in [0.2, 0.25) is 0 Å². The molecule has 0 unspecified atom stereocenters. The Hall–Kier alpha value is -1.84. The molecule has 4 heteroatoms. The molecule has 0 fully saturated rings. The van der Waals surface area contributed by atoms with Crippen molar-refractivity contribution in [2.24, 2.45) is 0 Å². The molecule has 0 atom stereocenters. The summed E-state index contributed by atoms with van der Waals surface area (Å²) in [5.41, 5.74) is 2.35. The third-order valence-electron chi connectivity index (χ3n) is 2.64. The number of benzene rings is 1. The molecule has 0 heterocycles. The van der Waals surface area contributed by atoms with E-state index in [2.05, 4.69) is 4.74 Å². The number of carbonyl (C=O) groups excluding carboxylic acids is 2. The zero-order chi connectivity index (χ0) is 13.5. The maximum Gasteiger partial charge on any atom is 0.338 e. The SMILES string of the molecule is CCOC(=O)c1cc(CCC(=O)OC)ccc1C. The minimum absolute atomic E-state index is 0.256. The van der Waals surface area contributed by atoms with Crippen LogP contribution < -0.4 is 0 Å². The second-order valence-electron chi connectivity index (χ2n) is 3.95. The van der Waals surface area contributed by atoms with E-state index in [4.69, 9.17) is 4.74 Å². The molecule has 0 saturated carbocycles. The van der Waals surface area contributed by atoms with Gasteiger partial charge in [0, 0.05) is 6.42 Å². The lowest BCUT2D eigenvalue weighted by Crippen LogP contribution is -2.08. The van der Waals surface area contributed by atoms with Crippen LogP contribution in [0.1, 0.15) is 34.8 Å². The molecule has 1 aromatic carbocycles. The topological polar surface area (TPSA) is 52.6 Å². The van der Waals surface area contributed by atoms with Gasteiger partial charge in [-0.3, -0.25) is 4.79 Å². The van der Waals surface area contributed by atoms with Crippen molar-refractivity contribution in [3.05, 3.63) is 34.9 Å². The van der Waals surface area contributed by atoms with Gasteiger partial charge in [0.15, 0.2) is 0 Å². The molecule has 0 aromatic heterocycles. The highest BCUT2D eigenvalue weighted by Crippen LogP contribution is 2.14. The van der Waals surface area contributed by atoms with E-state index in [9.17, 15) is 9.59 Å². The van der Waals surface area contributed by atoms with E-state index in [0.717, 1.165) is 11.1 Å². The Morgan fingerprint density at radius 3 is 2.61 bits per heavy atom. The number of hydrogen-bond acceptors (Lipinski definition) is 4. The molecule has 0 bridgehead atoms. The van der Waals surface area contributed by atoms with Crippen LogP contribution in [0.2, 0.25) is 0 Å². The van der Waals surface area contributed by atoms with Gasteiger partial charge < -0.3 is 9.47 Å². The second kappa shape index (κ2) is 6.79. The Balaban J connectivity index is 2.80. The average Bonchev–Trinajstić information content (AvgIpc) is 2.37. The number of aryl methyl sites for hydroxylation is 2. The number of esters is 2. The summed E-state index contributed by atoms with van der Waals surface area (Å²) in [4.78, 5) is 22.8. The summed E-state index contributed by atoms with van der Waals surface area (Å²) in [5.74, 6) is -0.580. The van der Waals surface area contributed by atoms with Crippen LogP contribution in [0.25, 0.3) is 0 Å². The fraction of sp³-hybridized carbons (Fsp3) is 0.429. The molecular weight excluding hydrogens is 232 g/mol. The van der Waals surface area contributed by atoms with Crippen molar-refractivity contribution >= 4 is 11.9 Å². The van der Waals surface area contributed by atoms with Crippen LogP contribution in [0, 0.1) is 6.92 Å². The Kier molecular flexibility index (Phi) is 5.36. The van der Waals surface area contributed by atoms with Crippen LogP contribution in [-0.2, 0) is 20.7 Å². The van der Waals surface area contributed by atoms with Crippen LogP contribution in [0.4, 0.5) is 0 Å². The predicted molar refractivity (Wildman–Crippen MR) is 67.5 cm³/mol. The molecule has 4 nitrogen and oxygen atoms in total. The van der Waals surface area contributed by atoms with E-state index < -0.39 is 0 Å². The van der Waals surface area contributed by atoms with E-state index in [1.165, 1.54) is 7.11 Å². The summed E-state index contributed by atoms with van der Waals surface area (Å²) < 4.78 is 9.56. The molecule has 0 aliphatic heterocycles. The predicted octanol–water partition coefficient (Wildman–Crippen LogP) is 2.28. The van der Waals surface area contributed by atoms with Gasteiger partial charge >= 0.3 is 11.9 Å². The minimum Gasteiger partial charge on any atom is -0.469 e. The van der Waals surface area contributed by atoms with Crippen LogP contribution >= 0.6 is 0 Å². The lowest BCUT2D eigenvalue weighted by Gasteiger charge is -2.08. The first-order valence-electron chi connectivity index (χ1n) is 5.92. The number of hydrogen-bond donors (Lipinski definition) is 0. The first-order valence-corrected chi connectivity index (χ1v) is 5.92. The third kappa shape index (κ3) is 3.87. The molecule has 1 aromatic rings. The van der Waals surface area contributed by atoms with Crippen molar-refractivity contribution in [3.63, 3.8) is 0 Å². The van der Waals surface area contributed by atoms with Gasteiger partial charge in [0.05, 0.1) is 19.3 Å². The Bertz CT molecular complexity index is 437. The molecule has 0 spiro atoms. The maximum absolute atomic E-state index is 11.7. The molecule has 1 rings (SSSR count). The second-order valence-corrected chi connectivity index (χ2v) is 3.95. The van der Waals surface area contributed by atoms with Crippen molar-refractivity contribution in [1.82, 2.24) is 0 Å². The van der Waals surface area contributed by atoms with Gasteiger partial charge in [0.25, 0.3) is 0 Å². The summed E-state index contributed by atoms with van der Waals surface area (Å²) in [6.45, 7) is 3.98. The Labute approximate surface area is 107 Å². The third-order valence-corrected chi connectivity index (χ3v) is 2.64. The van der Waals surface area contributed by atoms with Crippen LogP contribution in [-0.4, -0.2) is 25.7 Å². The molecular formula is C14H18O4. The van der Waals surface area contributed by atoms with E-state index in [0.29, 0.717) is 25.0 Å². The number of ether oxygens (including phenoxy) is 2. The van der Waals surface area contributed by atoms with E-state index >= 15 is 0 Å². The molecule has 0 radical (unpaired) electrons. The molecule has 18 heavy (non-hydrogen) atoms. The zero-order valence-corrected chi connectivity index (χ0v) is 11.0. The highest BCUT2D eigenvalue weighted by molar-refractivity contribution is 5.91. The van der Waals surface area contributed by atoms with Gasteiger partial charge in [-0.2, -0.15) is 0 Å². The number of rotatable bonds is 5. The van der Waals surface area contributed by atoms with E-state index in [1.807, 2.05) is 19.1 Å². The van der Waals surface area contributed by atoms with Gasteiger partial charge in [-0.25, -0.2) is 4.79 Å². The summed E-state index contributed by atoms with van der Waals surface area (Å²) >= 11 is 0. The minimum atomic E-state index is -0.324. The summed E-state index contributed by atoms with van der Waals surface area (Å²) in [5, 5.41) is 0. The van der Waals surface area contributed by atoms with Crippen molar-refractivity contribution in [2.45, 2.75) is 26.7 Å². The fourth-order valence-electron chi connectivity index (χ4n) is 1.60. The van der Waals surface area contributed by atoms with Gasteiger partial charge in [-0.15, -0.1) is 0 Å². The normalized spacial score (nSPS) is 9.94. The zero-order valence-electron chi connectivity index (χ0n) is 11.0. The number of carbonyl (C=O) groups is 2.